The number of aromatic nitrogens is 4. The molecule has 0 radical (unpaired) electrons. The molecule has 6 aromatic rings. The number of nitrogens with two attached hydrogens (primary N) is 1. The predicted molar refractivity (Wildman–Crippen MR) is 243 cm³/mol. The summed E-state index contributed by atoms with van der Waals surface area (Å²) in [6.07, 6.45) is -2.54. The number of rotatable bonds is 13. The highest BCUT2D eigenvalue weighted by atomic mass is 32.2. The number of sulfonamides is 2. The van der Waals surface area contributed by atoms with E-state index in [0.29, 0.717) is 39.7 Å². The Morgan fingerprint density at radius 1 is 0.729 bits per heavy atom. The van der Waals surface area contributed by atoms with Crippen LogP contribution in [0.1, 0.15) is 56.0 Å². The van der Waals surface area contributed by atoms with E-state index in [1.54, 1.807) is 93.1 Å². The van der Waals surface area contributed by atoms with E-state index in [1.807, 2.05) is 6.07 Å². The van der Waals surface area contributed by atoms with Gasteiger partial charge in [0, 0.05) is 75.0 Å². The third-order valence-corrected chi connectivity index (χ3v) is 15.3. The van der Waals surface area contributed by atoms with Gasteiger partial charge in [0.1, 0.15) is 35.6 Å². The van der Waals surface area contributed by atoms with E-state index in [-0.39, 0.29) is 86.9 Å². The number of nitrogens with zero attached hydrogens (tertiary/aromatic N) is 7. The Morgan fingerprint density at radius 2 is 1.29 bits per heavy atom. The van der Waals surface area contributed by atoms with E-state index in [2.05, 4.69) is 15.8 Å². The average Bonchev–Trinajstić information content (AvgIpc) is 4.17. The minimum atomic E-state index is -4.33. The average molecular weight is 1020 g/mol. The van der Waals surface area contributed by atoms with Crippen molar-refractivity contribution in [3.05, 3.63) is 109 Å². The second-order valence-electron chi connectivity index (χ2n) is 17.1. The van der Waals surface area contributed by atoms with Crippen molar-refractivity contribution in [1.29, 1.82) is 10.5 Å². The van der Waals surface area contributed by atoms with Crippen LogP contribution in [0.15, 0.2) is 107 Å². The zero-order valence-electron chi connectivity index (χ0n) is 37.3. The third kappa shape index (κ3) is 11.7. The number of fused-ring (bicyclic) bond motifs is 2. The van der Waals surface area contributed by atoms with Crippen molar-refractivity contribution in [2.75, 3.05) is 26.2 Å². The number of hydrogen-bond donors (Lipinski definition) is 3. The number of piperidine rings is 2. The number of carbonyl (C=O) groups excluding carboxylic acids is 2. The van der Waals surface area contributed by atoms with Crippen molar-refractivity contribution in [2.45, 2.75) is 85.8 Å². The first kappa shape index (κ1) is 51.3. The number of amides is 2. The molecule has 0 saturated carbocycles. The van der Waals surface area contributed by atoms with Crippen molar-refractivity contribution in [3.8, 4) is 12.1 Å². The fraction of sp³-hybridized carbons (Fsp3) is 0.391. The number of nitrogens with one attached hydrogen (secondary N) is 2. The number of aryl methyl sites for hydroxylation is 2. The molecule has 8 rings (SSSR count). The minimum absolute atomic E-state index is 0.0106. The van der Waals surface area contributed by atoms with Crippen LogP contribution in [0.4, 0.5) is 26.3 Å². The summed E-state index contributed by atoms with van der Waals surface area (Å²) in [5.74, 6) is -3.85. The SMILES string of the molecule is N#Cc1cccn1CCC(C(=O)N1CCC(C(F)(F)F)CC1)n1ccc2ccc(S(N)(=O)=O)cc21.N#Cc1cccn1CCC(NS(=O)(=O)c1cccc2[nH]ccc12)C(=O)N1CCC(C(F)(F)F)CC1. The molecule has 24 heteroatoms. The topological polar surface area (TPSA) is 225 Å². The molecule has 2 fully saturated rings. The van der Waals surface area contributed by atoms with Gasteiger partial charge in [-0.25, -0.2) is 22.0 Å². The molecule has 70 heavy (non-hydrogen) atoms. The monoisotopic (exact) mass is 1010 g/mol. The highest BCUT2D eigenvalue weighted by Gasteiger charge is 2.44. The molecular weight excluding hydrogens is 967 g/mol. The number of aromatic amines is 1. The number of H-pyrrole nitrogens is 1. The maximum Gasteiger partial charge on any atom is 0.391 e. The van der Waals surface area contributed by atoms with E-state index < -0.39 is 62.2 Å². The second kappa shape index (κ2) is 20.8. The van der Waals surface area contributed by atoms with E-state index in [0.717, 1.165) is 0 Å². The summed E-state index contributed by atoms with van der Waals surface area (Å²) in [5.41, 5.74) is 1.84. The maximum absolute atomic E-state index is 13.6. The number of benzene rings is 2. The summed E-state index contributed by atoms with van der Waals surface area (Å²) in [4.78, 5) is 32.5. The summed E-state index contributed by atoms with van der Waals surface area (Å²) in [5, 5.41) is 25.0. The lowest BCUT2D eigenvalue weighted by molar-refractivity contribution is -0.187. The van der Waals surface area contributed by atoms with Crippen LogP contribution in [-0.4, -0.2) is 102 Å². The lowest BCUT2D eigenvalue weighted by atomic mass is 9.95. The lowest BCUT2D eigenvalue weighted by Gasteiger charge is -2.35. The van der Waals surface area contributed by atoms with Crippen molar-refractivity contribution in [3.63, 3.8) is 0 Å². The van der Waals surface area contributed by atoms with Gasteiger partial charge >= 0.3 is 12.4 Å². The Balaban J connectivity index is 0.000000206. The molecule has 2 atom stereocenters. The van der Waals surface area contributed by atoms with Gasteiger partial charge in [0.15, 0.2) is 0 Å². The van der Waals surface area contributed by atoms with Crippen LogP contribution in [0.3, 0.4) is 0 Å². The number of primary sulfonamides is 1. The van der Waals surface area contributed by atoms with Crippen molar-refractivity contribution in [2.24, 2.45) is 17.0 Å². The molecule has 2 unspecified atom stereocenters. The van der Waals surface area contributed by atoms with Gasteiger partial charge in [-0.3, -0.25) is 9.59 Å². The summed E-state index contributed by atoms with van der Waals surface area (Å²) in [7, 11) is -8.14. The number of alkyl halides is 6. The van der Waals surface area contributed by atoms with Gasteiger partial charge in [0.2, 0.25) is 31.9 Å². The molecule has 372 valence electrons. The van der Waals surface area contributed by atoms with Crippen LogP contribution >= 0.6 is 0 Å². The zero-order valence-corrected chi connectivity index (χ0v) is 38.9. The van der Waals surface area contributed by atoms with Gasteiger partial charge in [-0.1, -0.05) is 12.1 Å². The van der Waals surface area contributed by atoms with Gasteiger partial charge in [0.05, 0.1) is 27.1 Å². The molecule has 2 amide bonds. The summed E-state index contributed by atoms with van der Waals surface area (Å²) >= 11 is 0. The summed E-state index contributed by atoms with van der Waals surface area (Å²) < 4.78 is 136. The number of halogens is 6. The lowest BCUT2D eigenvalue weighted by Crippen LogP contribution is -2.51. The van der Waals surface area contributed by atoms with Crippen LogP contribution in [0, 0.1) is 34.5 Å². The first-order valence-electron chi connectivity index (χ1n) is 22.1. The van der Waals surface area contributed by atoms with Crippen molar-refractivity contribution >= 4 is 53.7 Å². The molecule has 2 saturated heterocycles. The molecule has 0 spiro atoms. The van der Waals surface area contributed by atoms with Gasteiger partial charge in [-0.15, -0.1) is 0 Å². The Bertz CT molecular complexity index is 3150. The highest BCUT2D eigenvalue weighted by molar-refractivity contribution is 7.90. The van der Waals surface area contributed by atoms with Crippen LogP contribution in [-0.2, 0) is 42.7 Å². The van der Waals surface area contributed by atoms with Crippen LogP contribution in [0.2, 0.25) is 0 Å². The molecule has 6 heterocycles. The largest absolute Gasteiger partial charge is 0.391 e. The maximum atomic E-state index is 13.6. The van der Waals surface area contributed by atoms with Gasteiger partial charge < -0.3 is 28.5 Å². The molecule has 2 aromatic carbocycles. The minimum Gasteiger partial charge on any atom is -0.361 e. The Labute approximate surface area is 398 Å². The van der Waals surface area contributed by atoms with Gasteiger partial charge in [-0.2, -0.15) is 41.6 Å². The molecule has 4 aromatic heterocycles. The number of likely N-dealkylation sites (tertiary alicyclic amines) is 2. The molecule has 2 aliphatic heterocycles. The van der Waals surface area contributed by atoms with Gasteiger partial charge in [-0.05, 0) is 105 Å². The van der Waals surface area contributed by atoms with Crippen molar-refractivity contribution < 1.29 is 52.8 Å². The first-order chi connectivity index (χ1) is 33.1. The predicted octanol–water partition coefficient (Wildman–Crippen LogP) is 6.77. The summed E-state index contributed by atoms with van der Waals surface area (Å²) in [6.45, 7) is 0.216. The van der Waals surface area contributed by atoms with Crippen LogP contribution in [0.25, 0.3) is 21.8 Å². The highest BCUT2D eigenvalue weighted by Crippen LogP contribution is 2.37. The van der Waals surface area contributed by atoms with Gasteiger partial charge in [0.25, 0.3) is 0 Å². The standard InChI is InChI=1S/2C23H24F3N5O3S/c24-23(25,26)16-7-12-31(13-8-16)22(32)20(9-14-30-11-2-3-17(30)15-27)29-35(33,34)21-5-1-4-19-18(21)6-10-28-19;24-23(25,26)17-6-10-30(11-7-17)22(32)20(8-12-29-9-1-2-18(29)15-27)31-13-5-16-3-4-19(14-21(16)31)35(28,33)34/h1-6,10-11,16,20,28-29H,7-9,12-14H2;1-5,9,13-14,17,20H,6-8,10-12H2,(H2,28,33,34). The molecule has 4 N–H and O–H groups in total. The molecule has 0 aliphatic carbocycles. The van der Waals surface area contributed by atoms with E-state index in [9.17, 15) is 63.3 Å². The van der Waals surface area contributed by atoms with E-state index in [4.69, 9.17) is 5.14 Å². The fourth-order valence-electron chi connectivity index (χ4n) is 8.97. The normalized spacial score (nSPS) is 16.4. The number of nitriles is 2. The Kier molecular flexibility index (Phi) is 15.2. The Morgan fingerprint density at radius 3 is 1.83 bits per heavy atom. The van der Waals surface area contributed by atoms with Crippen molar-refractivity contribution in [1.82, 2.24) is 33.2 Å². The summed E-state index contributed by atoms with van der Waals surface area (Å²) in [6, 6.07) is 21.1. The van der Waals surface area contributed by atoms with Crippen LogP contribution < -0.4 is 9.86 Å². The van der Waals surface area contributed by atoms with Crippen LogP contribution in [0.5, 0.6) is 0 Å². The second-order valence-corrected chi connectivity index (χ2v) is 20.4. The smallest absolute Gasteiger partial charge is 0.361 e. The number of carbonyl (C=O) groups is 2. The zero-order chi connectivity index (χ0) is 50.6. The van der Waals surface area contributed by atoms with E-state index >= 15 is 0 Å². The molecule has 16 nitrogen and oxygen atoms in total. The molecule has 0 bridgehead atoms. The number of hydrogen-bond acceptors (Lipinski definition) is 8. The molecule has 2 aliphatic rings. The first-order valence-corrected chi connectivity index (χ1v) is 25.2. The quantitative estimate of drug-likeness (QED) is 0.104. The van der Waals surface area contributed by atoms with E-state index in [1.165, 1.54) is 28.0 Å². The Hall–Kier alpha value is -6.60. The molecular formula is C46H48F6N10O6S2. The third-order valence-electron chi connectivity index (χ3n) is 12.8. The fourth-order valence-corrected chi connectivity index (χ4v) is 10.9.